The average molecular weight is 758 g/mol. The van der Waals surface area contributed by atoms with E-state index < -0.39 is 28.5 Å². The summed E-state index contributed by atoms with van der Waals surface area (Å²) in [4.78, 5) is 55.2. The molecule has 2 heterocycles. The minimum atomic E-state index is -0.933. The van der Waals surface area contributed by atoms with Crippen molar-refractivity contribution >= 4 is 35.0 Å². The van der Waals surface area contributed by atoms with E-state index >= 15 is 0 Å². The second-order valence-electron chi connectivity index (χ2n) is 11.7. The summed E-state index contributed by atoms with van der Waals surface area (Å²) < 4.78 is 35.3. The highest BCUT2D eigenvalue weighted by Crippen LogP contribution is 2.37. The number of hydrogen-bond acceptors (Lipinski definition) is 13. The summed E-state index contributed by atoms with van der Waals surface area (Å²) in [6, 6.07) is 13.7. The fraction of sp³-hybridized carbons (Fsp3) is 0.282. The highest BCUT2D eigenvalue weighted by molar-refractivity contribution is 7.07. The van der Waals surface area contributed by atoms with Gasteiger partial charge in [0.25, 0.3) is 11.2 Å². The quantitative estimate of drug-likeness (QED) is 0.0655. The maximum atomic E-state index is 14.4. The predicted octanol–water partition coefficient (Wildman–Crippen LogP) is 4.97. The lowest BCUT2D eigenvalue weighted by atomic mass is 9.95. The van der Waals surface area contributed by atoms with Crippen molar-refractivity contribution in [2.75, 3.05) is 34.0 Å². The summed E-state index contributed by atoms with van der Waals surface area (Å²) in [5, 5.41) is 11.1. The molecule has 0 saturated carbocycles. The van der Waals surface area contributed by atoms with Gasteiger partial charge in [0.15, 0.2) is 34.4 Å². The van der Waals surface area contributed by atoms with Crippen LogP contribution < -0.4 is 33.8 Å². The molecule has 0 N–H and O–H groups in total. The van der Waals surface area contributed by atoms with Crippen molar-refractivity contribution < 1.29 is 42.9 Å². The fourth-order valence-electron chi connectivity index (χ4n) is 5.80. The number of aromatic nitrogens is 1. The molecule has 0 radical (unpaired) electrons. The SMILES string of the molecule is C=CCc1cc(/C=c2\sc3n(c2=O)[C@H](c2ccc(OCC(=O)OC)c(OCC)c2)C(C(=O)OCC)=C(C)N=3)cc(OC)c1OCc1ccc([N+](=O)[O-])cc1. The Morgan fingerprint density at radius 1 is 1.00 bits per heavy atom. The lowest BCUT2D eigenvalue weighted by Gasteiger charge is -2.25. The minimum absolute atomic E-state index is 0.0212. The zero-order valence-electron chi connectivity index (χ0n) is 30.4. The number of rotatable bonds is 16. The van der Waals surface area contributed by atoms with Gasteiger partial charge >= 0.3 is 11.9 Å². The van der Waals surface area contributed by atoms with E-state index in [1.165, 1.54) is 30.9 Å². The highest BCUT2D eigenvalue weighted by atomic mass is 32.1. The molecule has 282 valence electrons. The van der Waals surface area contributed by atoms with Gasteiger partial charge in [-0.15, -0.1) is 6.58 Å². The van der Waals surface area contributed by atoms with Crippen LogP contribution >= 0.6 is 11.3 Å². The third-order valence-corrected chi connectivity index (χ3v) is 9.22. The Labute approximate surface area is 314 Å². The number of carbonyl (C=O) groups excluding carboxylic acids is 2. The smallest absolute Gasteiger partial charge is 0.343 e. The van der Waals surface area contributed by atoms with Crippen LogP contribution in [0.25, 0.3) is 6.08 Å². The number of hydrogen-bond donors (Lipinski definition) is 0. The Bertz CT molecular complexity index is 2290. The zero-order valence-corrected chi connectivity index (χ0v) is 31.2. The Hall–Kier alpha value is -6.22. The molecule has 1 aromatic heterocycles. The van der Waals surface area contributed by atoms with Gasteiger partial charge in [-0.3, -0.25) is 19.5 Å². The maximum Gasteiger partial charge on any atom is 0.343 e. The van der Waals surface area contributed by atoms with Crippen LogP contribution in [-0.2, 0) is 32.1 Å². The molecule has 0 amide bonds. The molecule has 15 heteroatoms. The van der Waals surface area contributed by atoms with Gasteiger partial charge in [0.2, 0.25) is 0 Å². The number of allylic oxidation sites excluding steroid dienone is 2. The van der Waals surface area contributed by atoms with E-state index in [-0.39, 0.29) is 43.4 Å². The number of non-ortho nitro benzene ring substituents is 1. The van der Waals surface area contributed by atoms with Gasteiger partial charge in [0.1, 0.15) is 6.61 Å². The Morgan fingerprint density at radius 3 is 2.41 bits per heavy atom. The van der Waals surface area contributed by atoms with Crippen LogP contribution in [0.4, 0.5) is 5.69 Å². The van der Waals surface area contributed by atoms with Gasteiger partial charge in [-0.05, 0) is 86.4 Å². The molecule has 3 aromatic carbocycles. The largest absolute Gasteiger partial charge is 0.493 e. The van der Waals surface area contributed by atoms with Crippen molar-refractivity contribution in [2.45, 2.75) is 39.8 Å². The standard InChI is InChI=1S/C39H39N3O11S/c1-7-10-27-17-25(18-31(48-5)36(27)53-21-24-11-14-28(15-12-24)42(46)47)19-32-37(44)41-35(34(38(45)51-9-3)23(4)40-39(41)54-32)26-13-16-29(30(20-26)50-8-2)52-22-33(43)49-6/h7,11-20,35H,1,8-10,21-22H2,2-6H3/b32-19-/t35-/m1/s1. The first kappa shape index (κ1) is 39.0. The first-order valence-corrected chi connectivity index (χ1v) is 17.7. The number of nitro benzene ring substituents is 1. The lowest BCUT2D eigenvalue weighted by Crippen LogP contribution is -2.40. The minimum Gasteiger partial charge on any atom is -0.493 e. The zero-order chi connectivity index (χ0) is 38.9. The second kappa shape index (κ2) is 17.5. The number of nitro groups is 1. The van der Waals surface area contributed by atoms with Crippen LogP contribution in [0.1, 0.15) is 49.1 Å². The summed E-state index contributed by atoms with van der Waals surface area (Å²) in [5.41, 5.74) is 2.78. The Morgan fingerprint density at radius 2 is 1.76 bits per heavy atom. The normalized spacial score (nSPS) is 13.7. The third kappa shape index (κ3) is 8.52. The fourth-order valence-corrected chi connectivity index (χ4v) is 6.84. The van der Waals surface area contributed by atoms with Crippen molar-refractivity contribution in [2.24, 2.45) is 4.99 Å². The van der Waals surface area contributed by atoms with Gasteiger partial charge in [-0.25, -0.2) is 14.6 Å². The number of ether oxygens (including phenoxy) is 6. The van der Waals surface area contributed by atoms with Crippen LogP contribution in [0.3, 0.4) is 0 Å². The average Bonchev–Trinajstić information content (AvgIpc) is 3.46. The summed E-state index contributed by atoms with van der Waals surface area (Å²) >= 11 is 1.16. The van der Waals surface area contributed by atoms with E-state index in [2.05, 4.69) is 16.3 Å². The summed E-state index contributed by atoms with van der Waals surface area (Å²) in [5.74, 6) is 0.262. The van der Waals surface area contributed by atoms with Gasteiger partial charge in [0, 0.05) is 17.7 Å². The number of benzene rings is 3. The number of nitrogens with zero attached hydrogens (tertiary/aromatic N) is 3. The maximum absolute atomic E-state index is 14.4. The lowest BCUT2D eigenvalue weighted by molar-refractivity contribution is -0.384. The van der Waals surface area contributed by atoms with E-state index in [4.69, 9.17) is 23.7 Å². The molecule has 0 spiro atoms. The van der Waals surface area contributed by atoms with Crippen LogP contribution in [0.15, 0.2) is 88.3 Å². The summed E-state index contributed by atoms with van der Waals surface area (Å²) in [6.07, 6.45) is 3.85. The topological polar surface area (TPSA) is 167 Å². The molecule has 1 atom stereocenters. The monoisotopic (exact) mass is 757 g/mol. The van der Waals surface area contributed by atoms with E-state index in [0.29, 0.717) is 49.8 Å². The summed E-state index contributed by atoms with van der Waals surface area (Å²) in [7, 11) is 2.76. The molecule has 1 aliphatic heterocycles. The van der Waals surface area contributed by atoms with E-state index in [1.807, 2.05) is 6.07 Å². The van der Waals surface area contributed by atoms with Gasteiger partial charge in [-0.1, -0.05) is 23.5 Å². The number of carbonyl (C=O) groups is 2. The molecule has 54 heavy (non-hydrogen) atoms. The third-order valence-electron chi connectivity index (χ3n) is 8.24. The molecule has 4 aromatic rings. The van der Waals surface area contributed by atoms with Crippen LogP contribution in [0.2, 0.25) is 0 Å². The molecule has 0 aliphatic carbocycles. The van der Waals surface area contributed by atoms with Crippen LogP contribution in [-0.4, -0.2) is 55.5 Å². The van der Waals surface area contributed by atoms with E-state index in [9.17, 15) is 24.5 Å². The number of fused-ring (bicyclic) bond motifs is 1. The molecular weight excluding hydrogens is 719 g/mol. The first-order chi connectivity index (χ1) is 26.0. The van der Waals surface area contributed by atoms with Gasteiger partial charge in [0.05, 0.1) is 54.2 Å². The molecule has 0 bridgehead atoms. The van der Waals surface area contributed by atoms with Crippen molar-refractivity contribution in [1.82, 2.24) is 4.57 Å². The molecule has 5 rings (SSSR count). The second-order valence-corrected chi connectivity index (χ2v) is 12.7. The predicted molar refractivity (Wildman–Crippen MR) is 200 cm³/mol. The number of thiazole rings is 1. The molecule has 14 nitrogen and oxygen atoms in total. The number of esters is 2. The molecule has 1 aliphatic rings. The summed E-state index contributed by atoms with van der Waals surface area (Å²) in [6.45, 7) is 9.23. The van der Waals surface area contributed by atoms with E-state index in [1.54, 1.807) is 69.3 Å². The number of methoxy groups -OCH3 is 2. The Balaban J connectivity index is 1.59. The van der Waals surface area contributed by atoms with Gasteiger partial charge < -0.3 is 28.4 Å². The van der Waals surface area contributed by atoms with Crippen molar-refractivity contribution in [1.29, 1.82) is 0 Å². The molecule has 0 fully saturated rings. The molecular formula is C39H39N3O11S. The van der Waals surface area contributed by atoms with E-state index in [0.717, 1.165) is 22.5 Å². The van der Waals surface area contributed by atoms with Crippen molar-refractivity contribution in [3.8, 4) is 23.0 Å². The molecule has 0 saturated heterocycles. The van der Waals surface area contributed by atoms with Crippen molar-refractivity contribution in [3.05, 3.63) is 131 Å². The molecule has 0 unspecified atom stereocenters. The van der Waals surface area contributed by atoms with Crippen LogP contribution in [0, 0.1) is 10.1 Å². The van der Waals surface area contributed by atoms with Gasteiger partial charge in [-0.2, -0.15) is 0 Å². The first-order valence-electron chi connectivity index (χ1n) is 16.9. The Kier molecular flexibility index (Phi) is 12.7. The van der Waals surface area contributed by atoms with Crippen LogP contribution in [0.5, 0.6) is 23.0 Å². The van der Waals surface area contributed by atoms with Crippen molar-refractivity contribution in [3.63, 3.8) is 0 Å². The highest BCUT2D eigenvalue weighted by Gasteiger charge is 2.34.